The van der Waals surface area contributed by atoms with Crippen molar-refractivity contribution in [2.75, 3.05) is 11.8 Å². The Morgan fingerprint density at radius 2 is 1.78 bits per heavy atom. The van der Waals surface area contributed by atoms with Gasteiger partial charge in [0.1, 0.15) is 0 Å². The Morgan fingerprint density at radius 3 is 2.41 bits per heavy atom. The molecular formula is C20H20N2O3S2. The second-order valence-corrected chi connectivity index (χ2v) is 8.70. The minimum absolute atomic E-state index is 0.114. The van der Waals surface area contributed by atoms with E-state index in [9.17, 15) is 13.2 Å². The van der Waals surface area contributed by atoms with Crippen molar-refractivity contribution in [1.82, 2.24) is 4.90 Å². The molecule has 140 valence electrons. The van der Waals surface area contributed by atoms with Gasteiger partial charge < -0.3 is 4.90 Å². The molecule has 1 amide bonds. The summed E-state index contributed by atoms with van der Waals surface area (Å²) in [5.74, 6) is -0.156. The highest BCUT2D eigenvalue weighted by atomic mass is 32.2. The Balaban J connectivity index is 1.74. The van der Waals surface area contributed by atoms with E-state index in [-0.39, 0.29) is 10.8 Å². The fraction of sp³-hybridized carbons (Fsp3) is 0.150. The SMILES string of the molecule is Cc1ccccc1NS(=O)(=O)c1ccc(C(=O)N(C)Cc2ccsc2)cc1. The molecule has 0 atom stereocenters. The Bertz CT molecular complexity index is 1030. The molecule has 0 spiro atoms. The first-order chi connectivity index (χ1) is 12.9. The van der Waals surface area contributed by atoms with Crippen LogP contribution in [-0.4, -0.2) is 26.3 Å². The zero-order valence-electron chi connectivity index (χ0n) is 15.0. The van der Waals surface area contributed by atoms with Crippen LogP contribution in [0.4, 0.5) is 5.69 Å². The summed E-state index contributed by atoms with van der Waals surface area (Å²) in [7, 11) is -1.99. The summed E-state index contributed by atoms with van der Waals surface area (Å²) in [6.07, 6.45) is 0. The average molecular weight is 401 g/mol. The van der Waals surface area contributed by atoms with E-state index in [1.807, 2.05) is 35.9 Å². The van der Waals surface area contributed by atoms with E-state index in [1.165, 1.54) is 12.1 Å². The van der Waals surface area contributed by atoms with Crippen molar-refractivity contribution >= 4 is 33.0 Å². The second-order valence-electron chi connectivity index (χ2n) is 6.24. The van der Waals surface area contributed by atoms with Crippen molar-refractivity contribution < 1.29 is 13.2 Å². The van der Waals surface area contributed by atoms with Crippen LogP contribution in [-0.2, 0) is 16.6 Å². The van der Waals surface area contributed by atoms with Gasteiger partial charge in [0.2, 0.25) is 0 Å². The van der Waals surface area contributed by atoms with Gasteiger partial charge >= 0.3 is 0 Å². The molecule has 5 nitrogen and oxygen atoms in total. The number of amides is 1. The zero-order chi connectivity index (χ0) is 19.4. The van der Waals surface area contributed by atoms with Gasteiger partial charge in [-0.1, -0.05) is 18.2 Å². The average Bonchev–Trinajstić information content (AvgIpc) is 3.16. The molecule has 2 aromatic carbocycles. The maximum absolute atomic E-state index is 12.6. The highest BCUT2D eigenvalue weighted by Gasteiger charge is 2.17. The molecule has 27 heavy (non-hydrogen) atoms. The molecule has 0 saturated carbocycles. The molecule has 0 radical (unpaired) electrons. The van der Waals surface area contributed by atoms with Crippen molar-refractivity contribution in [2.24, 2.45) is 0 Å². The molecule has 1 aromatic heterocycles. The molecule has 0 aliphatic carbocycles. The van der Waals surface area contributed by atoms with Gasteiger partial charge in [-0.3, -0.25) is 9.52 Å². The van der Waals surface area contributed by atoms with Crippen molar-refractivity contribution in [3.05, 3.63) is 82.0 Å². The molecule has 0 fully saturated rings. The zero-order valence-corrected chi connectivity index (χ0v) is 16.7. The lowest BCUT2D eigenvalue weighted by atomic mass is 10.2. The Kier molecular flexibility index (Phi) is 5.62. The van der Waals surface area contributed by atoms with E-state index in [4.69, 9.17) is 0 Å². The first-order valence-electron chi connectivity index (χ1n) is 8.32. The number of para-hydroxylation sites is 1. The van der Waals surface area contributed by atoms with Crippen LogP contribution in [0, 0.1) is 6.92 Å². The van der Waals surface area contributed by atoms with Crippen LogP contribution in [0.3, 0.4) is 0 Å². The van der Waals surface area contributed by atoms with Crippen molar-refractivity contribution in [2.45, 2.75) is 18.4 Å². The molecule has 1 heterocycles. The largest absolute Gasteiger partial charge is 0.337 e. The lowest BCUT2D eigenvalue weighted by Gasteiger charge is -2.17. The highest BCUT2D eigenvalue weighted by Crippen LogP contribution is 2.20. The monoisotopic (exact) mass is 400 g/mol. The molecule has 0 saturated heterocycles. The summed E-state index contributed by atoms with van der Waals surface area (Å²) in [6, 6.07) is 15.1. The van der Waals surface area contributed by atoms with E-state index < -0.39 is 10.0 Å². The van der Waals surface area contributed by atoms with E-state index in [2.05, 4.69) is 4.72 Å². The van der Waals surface area contributed by atoms with E-state index in [1.54, 1.807) is 47.5 Å². The van der Waals surface area contributed by atoms with Gasteiger partial charge in [-0.15, -0.1) is 0 Å². The molecule has 3 aromatic rings. The maximum atomic E-state index is 12.6. The predicted molar refractivity (Wildman–Crippen MR) is 109 cm³/mol. The molecule has 1 N–H and O–H groups in total. The van der Waals surface area contributed by atoms with Gasteiger partial charge in [0.25, 0.3) is 15.9 Å². The van der Waals surface area contributed by atoms with Gasteiger partial charge in [0.05, 0.1) is 10.6 Å². The third kappa shape index (κ3) is 4.56. The molecule has 0 unspecified atom stereocenters. The summed E-state index contributed by atoms with van der Waals surface area (Å²) in [4.78, 5) is 14.3. The van der Waals surface area contributed by atoms with Crippen LogP contribution >= 0.6 is 11.3 Å². The molecule has 0 aliphatic heterocycles. The number of aryl methyl sites for hydroxylation is 1. The second kappa shape index (κ2) is 7.94. The lowest BCUT2D eigenvalue weighted by molar-refractivity contribution is 0.0785. The summed E-state index contributed by atoms with van der Waals surface area (Å²) >= 11 is 1.58. The Morgan fingerprint density at radius 1 is 1.07 bits per heavy atom. The minimum atomic E-state index is -3.71. The number of nitrogens with zero attached hydrogens (tertiary/aromatic N) is 1. The molecule has 3 rings (SSSR count). The van der Waals surface area contributed by atoms with Crippen LogP contribution in [0.15, 0.2) is 70.3 Å². The van der Waals surface area contributed by atoms with Gasteiger partial charge in [-0.2, -0.15) is 11.3 Å². The summed E-state index contributed by atoms with van der Waals surface area (Å²) in [5.41, 5.74) is 2.89. The summed E-state index contributed by atoms with van der Waals surface area (Å²) < 4.78 is 27.7. The number of carbonyl (C=O) groups excluding carboxylic acids is 1. The number of thiophene rings is 1. The maximum Gasteiger partial charge on any atom is 0.261 e. The molecule has 0 aliphatic rings. The lowest BCUT2D eigenvalue weighted by Crippen LogP contribution is -2.26. The van der Waals surface area contributed by atoms with E-state index in [0.717, 1.165) is 11.1 Å². The van der Waals surface area contributed by atoms with Crippen LogP contribution in [0.1, 0.15) is 21.5 Å². The normalized spacial score (nSPS) is 11.2. The molecular weight excluding hydrogens is 380 g/mol. The number of sulfonamides is 1. The number of carbonyl (C=O) groups is 1. The van der Waals surface area contributed by atoms with Gasteiger partial charge in [0, 0.05) is 19.2 Å². The van der Waals surface area contributed by atoms with E-state index in [0.29, 0.717) is 17.8 Å². The van der Waals surface area contributed by atoms with Gasteiger partial charge in [-0.25, -0.2) is 8.42 Å². The highest BCUT2D eigenvalue weighted by molar-refractivity contribution is 7.92. The number of hydrogen-bond donors (Lipinski definition) is 1. The Hall–Kier alpha value is -2.64. The number of hydrogen-bond acceptors (Lipinski definition) is 4. The minimum Gasteiger partial charge on any atom is -0.337 e. The first-order valence-corrected chi connectivity index (χ1v) is 10.7. The van der Waals surface area contributed by atoms with Crippen LogP contribution < -0.4 is 4.72 Å². The van der Waals surface area contributed by atoms with E-state index >= 15 is 0 Å². The number of anilines is 1. The first kappa shape index (κ1) is 19.1. The van der Waals surface area contributed by atoms with Crippen molar-refractivity contribution in [3.63, 3.8) is 0 Å². The van der Waals surface area contributed by atoms with Crippen LogP contribution in [0.5, 0.6) is 0 Å². The van der Waals surface area contributed by atoms with Crippen LogP contribution in [0.25, 0.3) is 0 Å². The van der Waals surface area contributed by atoms with Gasteiger partial charge in [0.15, 0.2) is 0 Å². The standard InChI is InChI=1S/C20H20N2O3S2/c1-15-5-3-4-6-19(15)21-27(24,25)18-9-7-17(8-10-18)20(23)22(2)13-16-11-12-26-14-16/h3-12,14,21H,13H2,1-2H3. The molecule has 0 bridgehead atoms. The third-order valence-corrected chi connectivity index (χ3v) is 6.26. The van der Waals surface area contributed by atoms with Crippen molar-refractivity contribution in [1.29, 1.82) is 0 Å². The fourth-order valence-corrected chi connectivity index (χ4v) is 4.41. The molecule has 7 heteroatoms. The number of nitrogens with one attached hydrogen (secondary N) is 1. The third-order valence-electron chi connectivity index (χ3n) is 4.15. The predicted octanol–water partition coefficient (Wildman–Crippen LogP) is 4.13. The topological polar surface area (TPSA) is 66.5 Å². The van der Waals surface area contributed by atoms with Gasteiger partial charge in [-0.05, 0) is 65.2 Å². The smallest absolute Gasteiger partial charge is 0.261 e. The quantitative estimate of drug-likeness (QED) is 0.677. The van der Waals surface area contributed by atoms with Crippen LogP contribution in [0.2, 0.25) is 0 Å². The number of rotatable bonds is 6. The number of benzene rings is 2. The fourth-order valence-electron chi connectivity index (χ4n) is 2.62. The van der Waals surface area contributed by atoms with Crippen molar-refractivity contribution in [3.8, 4) is 0 Å². The summed E-state index contributed by atoms with van der Waals surface area (Å²) in [5, 5.41) is 3.96. The Labute approximate surface area is 163 Å². The summed E-state index contributed by atoms with van der Waals surface area (Å²) in [6.45, 7) is 2.35.